The van der Waals surface area contributed by atoms with Crippen LogP contribution in [0.2, 0.25) is 0 Å². The standard InChI is InChI=1S/C29H36FN3O/c1-3-14-31-24-13-15-32(20-24)29-11-8-25(19-28(29)30)33-16-12-23-18-22(7-10-27(23)21(33)2)6-9-26-5-4-17-34-26/h7-8,10-12,16,18-19,24,26,31H,2-6,9,13-15,17,20H2,1H3. The molecule has 2 saturated heterocycles. The molecule has 3 aliphatic rings. The molecular weight excluding hydrogens is 425 g/mol. The van der Waals surface area contributed by atoms with E-state index in [1.807, 2.05) is 23.2 Å². The third-order valence-corrected chi connectivity index (χ3v) is 7.32. The molecule has 34 heavy (non-hydrogen) atoms. The lowest BCUT2D eigenvalue weighted by Gasteiger charge is -2.29. The minimum atomic E-state index is -0.176. The molecule has 0 aromatic heterocycles. The van der Waals surface area contributed by atoms with Crippen LogP contribution in [0.3, 0.4) is 0 Å². The Labute approximate surface area is 203 Å². The van der Waals surface area contributed by atoms with Crippen molar-refractivity contribution in [1.82, 2.24) is 5.32 Å². The Bertz CT molecular complexity index is 1060. The number of hydrogen-bond donors (Lipinski definition) is 1. The zero-order chi connectivity index (χ0) is 23.5. The van der Waals surface area contributed by atoms with E-state index >= 15 is 4.39 Å². The molecule has 5 rings (SSSR count). The highest BCUT2D eigenvalue weighted by Crippen LogP contribution is 2.35. The second-order valence-electron chi connectivity index (χ2n) is 9.75. The number of anilines is 2. The third kappa shape index (κ3) is 4.91. The first kappa shape index (κ1) is 23.1. The summed E-state index contributed by atoms with van der Waals surface area (Å²) in [7, 11) is 0. The number of nitrogens with zero attached hydrogens (tertiary/aromatic N) is 2. The predicted molar refractivity (Wildman–Crippen MR) is 140 cm³/mol. The van der Waals surface area contributed by atoms with E-state index in [2.05, 4.69) is 48.0 Å². The molecule has 5 heteroatoms. The van der Waals surface area contributed by atoms with Gasteiger partial charge in [-0.15, -0.1) is 0 Å². The Balaban J connectivity index is 1.26. The van der Waals surface area contributed by atoms with Crippen molar-refractivity contribution in [3.63, 3.8) is 0 Å². The molecule has 0 amide bonds. The maximum atomic E-state index is 15.2. The average molecular weight is 462 g/mol. The summed E-state index contributed by atoms with van der Waals surface area (Å²) in [6.07, 6.45) is 11.2. The maximum absolute atomic E-state index is 15.2. The smallest absolute Gasteiger partial charge is 0.148 e. The van der Waals surface area contributed by atoms with Crippen molar-refractivity contribution in [1.29, 1.82) is 0 Å². The number of fused-ring (bicyclic) bond motifs is 1. The molecule has 0 bridgehead atoms. The van der Waals surface area contributed by atoms with Gasteiger partial charge in [0.05, 0.1) is 11.8 Å². The van der Waals surface area contributed by atoms with Crippen molar-refractivity contribution in [3.05, 3.63) is 71.7 Å². The van der Waals surface area contributed by atoms with Gasteiger partial charge in [-0.25, -0.2) is 4.39 Å². The van der Waals surface area contributed by atoms with Gasteiger partial charge in [-0.2, -0.15) is 0 Å². The van der Waals surface area contributed by atoms with Crippen molar-refractivity contribution in [3.8, 4) is 0 Å². The first-order valence-electron chi connectivity index (χ1n) is 12.8. The molecule has 2 fully saturated rings. The summed E-state index contributed by atoms with van der Waals surface area (Å²) in [6, 6.07) is 12.6. The largest absolute Gasteiger partial charge is 0.378 e. The number of aryl methyl sites for hydroxylation is 1. The number of nitrogens with one attached hydrogen (secondary N) is 1. The van der Waals surface area contributed by atoms with E-state index in [1.54, 1.807) is 6.07 Å². The summed E-state index contributed by atoms with van der Waals surface area (Å²) >= 11 is 0. The first-order valence-corrected chi connectivity index (χ1v) is 12.8. The molecule has 0 radical (unpaired) electrons. The van der Waals surface area contributed by atoms with Crippen molar-refractivity contribution in [2.45, 2.75) is 57.6 Å². The summed E-state index contributed by atoms with van der Waals surface area (Å²) in [5, 5.41) is 3.56. The fourth-order valence-corrected chi connectivity index (χ4v) is 5.38. The van der Waals surface area contributed by atoms with E-state index in [0.717, 1.165) is 68.9 Å². The van der Waals surface area contributed by atoms with Crippen LogP contribution in [0.1, 0.15) is 55.7 Å². The zero-order valence-electron chi connectivity index (χ0n) is 20.2. The Kier molecular flexibility index (Phi) is 7.02. The Hall–Kier alpha value is -2.63. The van der Waals surface area contributed by atoms with Gasteiger partial charge < -0.3 is 19.9 Å². The molecule has 3 aliphatic heterocycles. The number of ether oxygens (including phenoxy) is 1. The normalized spacial score (nSPS) is 22.0. The number of rotatable bonds is 8. The summed E-state index contributed by atoms with van der Waals surface area (Å²) < 4.78 is 20.9. The van der Waals surface area contributed by atoms with Crippen molar-refractivity contribution >= 4 is 23.1 Å². The number of hydrogen-bond acceptors (Lipinski definition) is 4. The number of halogens is 1. The van der Waals surface area contributed by atoms with Gasteiger partial charge in [0.25, 0.3) is 0 Å². The van der Waals surface area contributed by atoms with Crippen LogP contribution in [0.5, 0.6) is 0 Å². The van der Waals surface area contributed by atoms with E-state index in [4.69, 9.17) is 4.74 Å². The predicted octanol–water partition coefficient (Wildman–Crippen LogP) is 5.98. The molecule has 3 heterocycles. The van der Waals surface area contributed by atoms with Gasteiger partial charge in [0, 0.05) is 55.0 Å². The highest BCUT2D eigenvalue weighted by molar-refractivity contribution is 5.89. The van der Waals surface area contributed by atoms with Crippen LogP contribution >= 0.6 is 0 Å². The molecule has 2 unspecified atom stereocenters. The lowest BCUT2D eigenvalue weighted by molar-refractivity contribution is 0.104. The molecule has 180 valence electrons. The molecule has 0 spiro atoms. The van der Waals surface area contributed by atoms with Crippen LogP contribution in [0.15, 0.2) is 49.2 Å². The van der Waals surface area contributed by atoms with E-state index < -0.39 is 0 Å². The van der Waals surface area contributed by atoms with Crippen LogP contribution in [-0.2, 0) is 11.2 Å². The van der Waals surface area contributed by atoms with Crippen LogP contribution in [0.25, 0.3) is 11.8 Å². The third-order valence-electron chi connectivity index (χ3n) is 7.32. The Morgan fingerprint density at radius 2 is 2.09 bits per heavy atom. The topological polar surface area (TPSA) is 27.7 Å². The molecular formula is C29H36FN3O. The van der Waals surface area contributed by atoms with Crippen molar-refractivity contribution in [2.24, 2.45) is 0 Å². The zero-order valence-corrected chi connectivity index (χ0v) is 20.2. The van der Waals surface area contributed by atoms with Crippen LogP contribution in [0.4, 0.5) is 15.8 Å². The summed E-state index contributed by atoms with van der Waals surface area (Å²) in [5.74, 6) is -0.176. The first-order chi connectivity index (χ1) is 16.6. The fraction of sp³-hybridized carbons (Fsp3) is 0.448. The molecule has 1 N–H and O–H groups in total. The Morgan fingerprint density at radius 3 is 2.88 bits per heavy atom. The van der Waals surface area contributed by atoms with Gasteiger partial charge in [0.15, 0.2) is 0 Å². The number of benzene rings is 2. The minimum absolute atomic E-state index is 0.176. The average Bonchev–Trinajstić information content (AvgIpc) is 3.54. The molecule has 4 nitrogen and oxygen atoms in total. The van der Waals surface area contributed by atoms with E-state index in [1.165, 1.54) is 24.0 Å². The van der Waals surface area contributed by atoms with Crippen LogP contribution in [-0.4, -0.2) is 38.4 Å². The second-order valence-corrected chi connectivity index (χ2v) is 9.75. The van der Waals surface area contributed by atoms with Gasteiger partial charge in [0.2, 0.25) is 0 Å². The van der Waals surface area contributed by atoms with E-state index in [-0.39, 0.29) is 5.82 Å². The van der Waals surface area contributed by atoms with Crippen LogP contribution < -0.4 is 15.1 Å². The molecule has 2 aromatic rings. The molecule has 2 atom stereocenters. The SMILES string of the molecule is C=C1c2ccc(CCC3CCCO3)cc2C=CN1c1ccc(N2CCC(NCCC)C2)c(F)c1. The van der Waals surface area contributed by atoms with Crippen molar-refractivity contribution < 1.29 is 9.13 Å². The minimum Gasteiger partial charge on any atom is -0.378 e. The molecule has 0 saturated carbocycles. The monoisotopic (exact) mass is 461 g/mol. The van der Waals surface area contributed by atoms with Gasteiger partial charge in [0.1, 0.15) is 5.82 Å². The molecule has 0 aliphatic carbocycles. The Morgan fingerprint density at radius 1 is 1.18 bits per heavy atom. The lowest BCUT2D eigenvalue weighted by Crippen LogP contribution is -2.33. The second kappa shape index (κ2) is 10.3. The quantitative estimate of drug-likeness (QED) is 0.524. The van der Waals surface area contributed by atoms with Gasteiger partial charge >= 0.3 is 0 Å². The summed E-state index contributed by atoms with van der Waals surface area (Å²) in [6.45, 7) is 10.2. The summed E-state index contributed by atoms with van der Waals surface area (Å²) in [4.78, 5) is 4.14. The van der Waals surface area contributed by atoms with Gasteiger partial charge in [-0.1, -0.05) is 31.7 Å². The van der Waals surface area contributed by atoms with Gasteiger partial charge in [-0.3, -0.25) is 0 Å². The highest BCUT2D eigenvalue weighted by atomic mass is 19.1. The summed E-state index contributed by atoms with van der Waals surface area (Å²) in [5.41, 5.74) is 5.96. The van der Waals surface area contributed by atoms with Crippen LogP contribution in [0, 0.1) is 5.82 Å². The maximum Gasteiger partial charge on any atom is 0.148 e. The van der Waals surface area contributed by atoms with Gasteiger partial charge in [-0.05, 0) is 74.4 Å². The van der Waals surface area contributed by atoms with E-state index in [0.29, 0.717) is 17.8 Å². The lowest BCUT2D eigenvalue weighted by atomic mass is 9.95. The molecule has 2 aromatic carbocycles. The fourth-order valence-electron chi connectivity index (χ4n) is 5.38. The van der Waals surface area contributed by atoms with E-state index in [9.17, 15) is 0 Å². The van der Waals surface area contributed by atoms with Crippen molar-refractivity contribution in [2.75, 3.05) is 36.0 Å². The highest BCUT2D eigenvalue weighted by Gasteiger charge is 2.25.